The van der Waals surface area contributed by atoms with Crippen molar-refractivity contribution in [2.75, 3.05) is 14.2 Å². The van der Waals surface area contributed by atoms with Gasteiger partial charge in [-0.05, 0) is 65.3 Å². The van der Waals surface area contributed by atoms with Crippen LogP contribution in [0, 0.1) is 0 Å². The molecule has 0 bridgehead atoms. The largest absolute Gasteiger partial charge is 0.495 e. The van der Waals surface area contributed by atoms with Crippen LogP contribution < -0.4 is 14.8 Å². The van der Waals surface area contributed by atoms with Crippen molar-refractivity contribution in [1.29, 1.82) is 0 Å². The zero-order valence-electron chi connectivity index (χ0n) is 15.7. The average molecular weight is 451 g/mol. The molecule has 0 spiro atoms. The van der Waals surface area contributed by atoms with E-state index in [2.05, 4.69) is 10.0 Å². The first kappa shape index (κ1) is 21.3. The summed E-state index contributed by atoms with van der Waals surface area (Å²) in [6.45, 7) is 0. The van der Waals surface area contributed by atoms with E-state index in [1.165, 1.54) is 43.7 Å². The zero-order valence-corrected chi connectivity index (χ0v) is 18.1. The number of carbonyl (C=O) groups excluding carboxylic acids is 1. The van der Waals surface area contributed by atoms with Gasteiger partial charge < -0.3 is 10.1 Å². The van der Waals surface area contributed by atoms with Crippen molar-refractivity contribution in [3.05, 3.63) is 81.0 Å². The van der Waals surface area contributed by atoms with E-state index in [4.69, 9.17) is 16.3 Å². The number of benzene rings is 2. The van der Waals surface area contributed by atoms with Crippen LogP contribution in [-0.2, 0) is 10.0 Å². The highest BCUT2D eigenvalue weighted by Crippen LogP contribution is 2.28. The fraction of sp³-hybridized carbons (Fsp3) is 0.150. The fourth-order valence-electron chi connectivity index (χ4n) is 2.81. The number of nitrogens with one attached hydrogen (secondary N) is 2. The molecule has 0 aliphatic rings. The van der Waals surface area contributed by atoms with Crippen molar-refractivity contribution in [3.8, 4) is 5.75 Å². The summed E-state index contributed by atoms with van der Waals surface area (Å²) in [5, 5.41) is 7.45. The molecule has 6 nitrogen and oxygen atoms in total. The van der Waals surface area contributed by atoms with Crippen LogP contribution in [0.1, 0.15) is 27.5 Å². The molecule has 0 saturated heterocycles. The highest BCUT2D eigenvalue weighted by atomic mass is 35.5. The Balaban J connectivity index is 1.96. The van der Waals surface area contributed by atoms with Crippen molar-refractivity contribution in [2.24, 2.45) is 0 Å². The third-order valence-corrected chi connectivity index (χ3v) is 6.73. The Morgan fingerprint density at radius 3 is 2.41 bits per heavy atom. The van der Waals surface area contributed by atoms with Crippen LogP contribution in [0.5, 0.6) is 5.75 Å². The van der Waals surface area contributed by atoms with Gasteiger partial charge in [0.15, 0.2) is 0 Å². The lowest BCUT2D eigenvalue weighted by molar-refractivity contribution is 0.0942. The van der Waals surface area contributed by atoms with Crippen LogP contribution in [0.25, 0.3) is 0 Å². The van der Waals surface area contributed by atoms with Crippen LogP contribution in [-0.4, -0.2) is 28.5 Å². The molecule has 1 atom stereocenters. The van der Waals surface area contributed by atoms with Gasteiger partial charge in [0.1, 0.15) is 10.6 Å². The molecule has 152 valence electrons. The molecule has 3 aromatic rings. The quantitative estimate of drug-likeness (QED) is 0.572. The van der Waals surface area contributed by atoms with E-state index in [9.17, 15) is 13.2 Å². The first-order chi connectivity index (χ1) is 13.9. The molecule has 0 aliphatic heterocycles. The minimum absolute atomic E-state index is 0.103. The first-order valence-corrected chi connectivity index (χ1v) is 11.4. The van der Waals surface area contributed by atoms with E-state index in [0.717, 1.165) is 11.1 Å². The lowest BCUT2D eigenvalue weighted by atomic mass is 10.0. The molecule has 0 fully saturated rings. The second-order valence-corrected chi connectivity index (χ2v) is 9.16. The normalized spacial score (nSPS) is 12.4. The van der Waals surface area contributed by atoms with E-state index in [1.807, 2.05) is 29.0 Å². The molecule has 0 radical (unpaired) electrons. The van der Waals surface area contributed by atoms with Gasteiger partial charge in [-0.15, -0.1) is 0 Å². The molecule has 0 saturated carbocycles. The second-order valence-electron chi connectivity index (χ2n) is 6.09. The first-order valence-electron chi connectivity index (χ1n) is 8.55. The van der Waals surface area contributed by atoms with Gasteiger partial charge >= 0.3 is 0 Å². The average Bonchev–Trinajstić information content (AvgIpc) is 3.26. The molecule has 2 N–H and O–H groups in total. The third-order valence-electron chi connectivity index (χ3n) is 4.34. The van der Waals surface area contributed by atoms with Gasteiger partial charge in [-0.1, -0.05) is 23.7 Å². The minimum atomic E-state index is -3.79. The van der Waals surface area contributed by atoms with E-state index in [0.29, 0.717) is 5.02 Å². The summed E-state index contributed by atoms with van der Waals surface area (Å²) in [4.78, 5) is 12.9. The highest BCUT2D eigenvalue weighted by molar-refractivity contribution is 7.89. The van der Waals surface area contributed by atoms with E-state index < -0.39 is 22.0 Å². The summed E-state index contributed by atoms with van der Waals surface area (Å²) in [6, 6.07) is 13.0. The molecular weight excluding hydrogens is 432 g/mol. The number of carbonyl (C=O) groups is 1. The molecule has 2 aromatic carbocycles. The Hall–Kier alpha value is -2.39. The minimum Gasteiger partial charge on any atom is -0.495 e. The maximum Gasteiger partial charge on any atom is 0.252 e. The van der Waals surface area contributed by atoms with E-state index in [-0.39, 0.29) is 16.2 Å². The van der Waals surface area contributed by atoms with Gasteiger partial charge in [0.05, 0.1) is 13.2 Å². The van der Waals surface area contributed by atoms with Crippen molar-refractivity contribution >= 4 is 38.9 Å². The monoisotopic (exact) mass is 450 g/mol. The van der Waals surface area contributed by atoms with Gasteiger partial charge in [-0.3, -0.25) is 4.79 Å². The van der Waals surface area contributed by atoms with Crippen LogP contribution >= 0.6 is 22.9 Å². The maximum absolute atomic E-state index is 13.0. The molecule has 3 rings (SSSR count). The molecule has 1 unspecified atom stereocenters. The predicted molar refractivity (Wildman–Crippen MR) is 114 cm³/mol. The lowest BCUT2D eigenvalue weighted by Gasteiger charge is -2.19. The Bertz CT molecular complexity index is 1100. The SMILES string of the molecule is CNS(=O)(=O)c1cc(C(=O)NC(c2ccc(Cl)cc2)c2ccsc2)ccc1OC. The van der Waals surface area contributed by atoms with Crippen LogP contribution in [0.3, 0.4) is 0 Å². The Morgan fingerprint density at radius 2 is 1.83 bits per heavy atom. The van der Waals surface area contributed by atoms with Gasteiger partial charge in [-0.2, -0.15) is 11.3 Å². The fourth-order valence-corrected chi connectivity index (χ4v) is 4.54. The standard InChI is InChI=1S/C20H19ClN2O4S2/c1-22-29(25,26)18-11-14(5-8-17(18)27-2)20(24)23-19(15-9-10-28-12-15)13-3-6-16(21)7-4-13/h3-12,19,22H,1-2H3,(H,23,24). The van der Waals surface area contributed by atoms with Gasteiger partial charge in [0, 0.05) is 10.6 Å². The molecule has 1 heterocycles. The number of sulfonamides is 1. The zero-order chi connectivity index (χ0) is 21.0. The number of halogens is 1. The molecular formula is C20H19ClN2O4S2. The maximum atomic E-state index is 13.0. The molecule has 1 aromatic heterocycles. The van der Waals surface area contributed by atoms with E-state index >= 15 is 0 Å². The van der Waals surface area contributed by atoms with Gasteiger partial charge in [-0.25, -0.2) is 13.1 Å². The topological polar surface area (TPSA) is 84.5 Å². The Labute approximate surface area is 178 Å². The van der Waals surface area contributed by atoms with E-state index in [1.54, 1.807) is 12.1 Å². The number of thiophene rings is 1. The lowest BCUT2D eigenvalue weighted by Crippen LogP contribution is -2.29. The summed E-state index contributed by atoms with van der Waals surface area (Å²) in [5.74, 6) is -0.255. The van der Waals surface area contributed by atoms with Crippen LogP contribution in [0.2, 0.25) is 5.02 Å². The number of rotatable bonds is 7. The van der Waals surface area contributed by atoms with Crippen molar-refractivity contribution < 1.29 is 17.9 Å². The van der Waals surface area contributed by atoms with Crippen LogP contribution in [0.4, 0.5) is 0 Å². The summed E-state index contributed by atoms with van der Waals surface area (Å²) < 4.78 is 31.9. The van der Waals surface area contributed by atoms with Gasteiger partial charge in [0.2, 0.25) is 10.0 Å². The highest BCUT2D eigenvalue weighted by Gasteiger charge is 2.22. The second kappa shape index (κ2) is 8.96. The third kappa shape index (κ3) is 4.79. The summed E-state index contributed by atoms with van der Waals surface area (Å²) >= 11 is 7.51. The van der Waals surface area contributed by atoms with Crippen molar-refractivity contribution in [2.45, 2.75) is 10.9 Å². The molecule has 9 heteroatoms. The summed E-state index contributed by atoms with van der Waals surface area (Å²) in [6.07, 6.45) is 0. The molecule has 1 amide bonds. The number of methoxy groups -OCH3 is 1. The van der Waals surface area contributed by atoms with Crippen molar-refractivity contribution in [3.63, 3.8) is 0 Å². The molecule has 29 heavy (non-hydrogen) atoms. The Morgan fingerprint density at radius 1 is 1.10 bits per heavy atom. The van der Waals surface area contributed by atoms with Gasteiger partial charge in [0.25, 0.3) is 5.91 Å². The molecule has 0 aliphatic carbocycles. The number of amides is 1. The number of hydrogen-bond acceptors (Lipinski definition) is 5. The number of ether oxygens (including phenoxy) is 1. The smallest absolute Gasteiger partial charge is 0.252 e. The predicted octanol–water partition coefficient (Wildman–Crippen LogP) is 3.84. The number of hydrogen-bond donors (Lipinski definition) is 2. The Kier molecular flexibility index (Phi) is 6.59. The summed E-state index contributed by atoms with van der Waals surface area (Å²) in [7, 11) is -1.12. The summed E-state index contributed by atoms with van der Waals surface area (Å²) in [5.41, 5.74) is 1.98. The van der Waals surface area contributed by atoms with Crippen molar-refractivity contribution in [1.82, 2.24) is 10.0 Å². The van der Waals surface area contributed by atoms with Crippen LogP contribution in [0.15, 0.2) is 64.2 Å².